The number of carbonyl (C=O) groups is 1. The molecule has 8 heteroatoms. The van der Waals surface area contributed by atoms with E-state index in [2.05, 4.69) is 9.97 Å². The molecule has 3 rings (SSSR count). The molecular formula is C18H29BN4O3. The van der Waals surface area contributed by atoms with Gasteiger partial charge in [0, 0.05) is 51.0 Å². The number of hydrogen-bond donors (Lipinski definition) is 0. The van der Waals surface area contributed by atoms with E-state index in [4.69, 9.17) is 9.31 Å². The van der Waals surface area contributed by atoms with Crippen molar-refractivity contribution in [3.63, 3.8) is 0 Å². The van der Waals surface area contributed by atoms with Crippen molar-refractivity contribution in [2.45, 2.75) is 64.7 Å². The molecule has 2 fully saturated rings. The van der Waals surface area contributed by atoms with Crippen molar-refractivity contribution in [2.75, 3.05) is 25.0 Å². The lowest BCUT2D eigenvalue weighted by Crippen LogP contribution is -2.42. The number of likely N-dealkylation sites (N-methyl/N-ethyl adjacent to an activating group) is 1. The van der Waals surface area contributed by atoms with E-state index in [1.54, 1.807) is 19.3 Å². The Morgan fingerprint density at radius 1 is 1.27 bits per heavy atom. The van der Waals surface area contributed by atoms with Crippen LogP contribution in [0.25, 0.3) is 0 Å². The van der Waals surface area contributed by atoms with Crippen molar-refractivity contribution < 1.29 is 14.1 Å². The van der Waals surface area contributed by atoms with E-state index in [-0.39, 0.29) is 23.2 Å². The molecule has 7 nitrogen and oxygen atoms in total. The second-order valence-corrected chi connectivity index (χ2v) is 8.29. The van der Waals surface area contributed by atoms with Crippen LogP contribution in [0, 0.1) is 0 Å². The summed E-state index contributed by atoms with van der Waals surface area (Å²) >= 11 is 0. The molecule has 1 amide bonds. The topological polar surface area (TPSA) is 67.8 Å². The van der Waals surface area contributed by atoms with Gasteiger partial charge in [-0.3, -0.25) is 4.79 Å². The lowest BCUT2D eigenvalue weighted by molar-refractivity contribution is -0.129. The Hall–Kier alpha value is -1.67. The maximum absolute atomic E-state index is 11.7. The van der Waals surface area contributed by atoms with Crippen molar-refractivity contribution in [1.82, 2.24) is 14.9 Å². The van der Waals surface area contributed by atoms with Crippen molar-refractivity contribution in [3.8, 4) is 0 Å². The lowest BCUT2D eigenvalue weighted by Gasteiger charge is -2.32. The number of anilines is 1. The van der Waals surface area contributed by atoms with Gasteiger partial charge in [-0.2, -0.15) is 0 Å². The Balaban J connectivity index is 1.65. The highest BCUT2D eigenvalue weighted by Crippen LogP contribution is 2.36. The van der Waals surface area contributed by atoms with Crippen molar-refractivity contribution in [2.24, 2.45) is 0 Å². The number of carbonyl (C=O) groups excluding carboxylic acids is 1. The largest absolute Gasteiger partial charge is 0.498 e. The molecule has 0 spiro atoms. The standard InChI is InChI=1S/C18H29BN4O3/c1-13(24)23-9-7-8-15(23)12-22(6)16-20-10-14(11-21-16)19-25-17(2,3)18(4,5)26-19/h10-11,15H,7-9,12H2,1-6H3/t15-/m1/s1. The predicted octanol–water partition coefficient (Wildman–Crippen LogP) is 1.22. The van der Waals surface area contributed by atoms with Gasteiger partial charge in [-0.25, -0.2) is 9.97 Å². The van der Waals surface area contributed by atoms with Crippen molar-refractivity contribution in [1.29, 1.82) is 0 Å². The minimum atomic E-state index is -0.456. The van der Waals surface area contributed by atoms with Crippen molar-refractivity contribution in [3.05, 3.63) is 12.4 Å². The fourth-order valence-corrected chi connectivity index (χ4v) is 3.47. The van der Waals surface area contributed by atoms with Crippen LogP contribution < -0.4 is 10.4 Å². The van der Waals surface area contributed by atoms with Gasteiger partial charge in [0.1, 0.15) is 0 Å². The molecule has 0 aliphatic carbocycles. The third kappa shape index (κ3) is 3.57. The zero-order chi connectivity index (χ0) is 19.1. The maximum Gasteiger partial charge on any atom is 0.498 e. The van der Waals surface area contributed by atoms with E-state index in [0.29, 0.717) is 5.95 Å². The van der Waals surface area contributed by atoms with Crippen LogP contribution in [-0.2, 0) is 14.1 Å². The average Bonchev–Trinajstić information content (AvgIpc) is 3.10. The summed E-state index contributed by atoms with van der Waals surface area (Å²) in [7, 11) is 1.50. The van der Waals surface area contributed by atoms with E-state index in [9.17, 15) is 4.79 Å². The van der Waals surface area contributed by atoms with E-state index in [1.807, 2.05) is 44.5 Å². The number of hydrogen-bond acceptors (Lipinski definition) is 6. The first-order chi connectivity index (χ1) is 12.1. The first-order valence-corrected chi connectivity index (χ1v) is 9.26. The second-order valence-electron chi connectivity index (χ2n) is 8.29. The molecule has 0 bridgehead atoms. The quantitative estimate of drug-likeness (QED) is 0.753. The molecule has 3 heterocycles. The summed E-state index contributed by atoms with van der Waals surface area (Å²) in [6, 6.07) is 0.226. The molecule has 1 atom stereocenters. The number of likely N-dealkylation sites (tertiary alicyclic amines) is 1. The summed E-state index contributed by atoms with van der Waals surface area (Å²) in [5, 5.41) is 0. The third-order valence-corrected chi connectivity index (χ3v) is 5.79. The number of nitrogens with zero attached hydrogens (tertiary/aromatic N) is 4. The maximum atomic E-state index is 11.7. The molecule has 0 aromatic carbocycles. The van der Waals surface area contributed by atoms with Gasteiger partial charge < -0.3 is 19.1 Å². The van der Waals surface area contributed by atoms with Crippen molar-refractivity contribution >= 4 is 24.4 Å². The molecule has 0 N–H and O–H groups in total. The summed E-state index contributed by atoms with van der Waals surface area (Å²) < 4.78 is 12.1. The highest BCUT2D eigenvalue weighted by Gasteiger charge is 2.52. The fourth-order valence-electron chi connectivity index (χ4n) is 3.47. The van der Waals surface area contributed by atoms with Crippen LogP contribution in [0.4, 0.5) is 5.95 Å². The summed E-state index contributed by atoms with van der Waals surface area (Å²) in [5.41, 5.74) is 0.0457. The normalized spacial score (nSPS) is 24.2. The molecule has 0 saturated carbocycles. The molecule has 2 aliphatic rings. The third-order valence-electron chi connectivity index (χ3n) is 5.79. The van der Waals surface area contributed by atoms with E-state index in [1.165, 1.54) is 0 Å². The fraction of sp³-hybridized carbons (Fsp3) is 0.722. The monoisotopic (exact) mass is 360 g/mol. The Kier molecular flexibility index (Phi) is 5.01. The second kappa shape index (κ2) is 6.81. The van der Waals surface area contributed by atoms with Gasteiger partial charge >= 0.3 is 7.12 Å². The molecule has 142 valence electrons. The molecule has 2 aliphatic heterocycles. The average molecular weight is 360 g/mol. The molecule has 0 radical (unpaired) electrons. The van der Waals surface area contributed by atoms with Gasteiger partial charge in [-0.15, -0.1) is 0 Å². The van der Waals surface area contributed by atoms with Crippen LogP contribution in [0.2, 0.25) is 0 Å². The first kappa shape index (κ1) is 19.1. The predicted molar refractivity (Wildman–Crippen MR) is 101 cm³/mol. The Bertz CT molecular complexity index is 649. The van der Waals surface area contributed by atoms with Gasteiger partial charge in [0.2, 0.25) is 11.9 Å². The SMILES string of the molecule is CC(=O)N1CCC[C@@H]1CN(C)c1ncc(B2OC(C)(C)C(C)(C)O2)cn1. The van der Waals surface area contributed by atoms with Crippen LogP contribution in [0.15, 0.2) is 12.4 Å². The van der Waals surface area contributed by atoms with Crippen LogP contribution in [-0.4, -0.2) is 65.3 Å². The Morgan fingerprint density at radius 2 is 1.85 bits per heavy atom. The van der Waals surface area contributed by atoms with Gasteiger partial charge in [0.25, 0.3) is 0 Å². The first-order valence-electron chi connectivity index (χ1n) is 9.26. The molecular weight excluding hydrogens is 331 g/mol. The summed E-state index contributed by atoms with van der Waals surface area (Å²) in [5.74, 6) is 0.776. The minimum absolute atomic E-state index is 0.137. The number of aromatic nitrogens is 2. The Labute approximate surface area is 156 Å². The molecule has 26 heavy (non-hydrogen) atoms. The zero-order valence-corrected chi connectivity index (χ0v) is 16.7. The molecule has 1 aromatic rings. The molecule has 1 aromatic heterocycles. The smallest absolute Gasteiger partial charge is 0.399 e. The van der Waals surface area contributed by atoms with Gasteiger partial charge in [-0.1, -0.05) is 0 Å². The minimum Gasteiger partial charge on any atom is -0.399 e. The molecule has 0 unspecified atom stereocenters. The van der Waals surface area contributed by atoms with Gasteiger partial charge in [0.15, 0.2) is 0 Å². The van der Waals surface area contributed by atoms with Gasteiger partial charge in [0.05, 0.1) is 11.2 Å². The highest BCUT2D eigenvalue weighted by molar-refractivity contribution is 6.61. The van der Waals surface area contributed by atoms with Crippen LogP contribution >= 0.6 is 0 Å². The molecule has 2 saturated heterocycles. The summed E-state index contributed by atoms with van der Waals surface area (Å²) in [6.45, 7) is 11.3. The van der Waals surface area contributed by atoms with Gasteiger partial charge in [-0.05, 0) is 40.5 Å². The van der Waals surface area contributed by atoms with E-state index >= 15 is 0 Å². The van der Waals surface area contributed by atoms with Crippen LogP contribution in [0.1, 0.15) is 47.5 Å². The van der Waals surface area contributed by atoms with E-state index < -0.39 is 7.12 Å². The summed E-state index contributed by atoms with van der Waals surface area (Å²) in [4.78, 5) is 24.6. The highest BCUT2D eigenvalue weighted by atomic mass is 16.7. The van der Waals surface area contributed by atoms with Crippen LogP contribution in [0.5, 0.6) is 0 Å². The number of rotatable bonds is 4. The zero-order valence-electron chi connectivity index (χ0n) is 16.7. The van der Waals surface area contributed by atoms with E-state index in [0.717, 1.165) is 31.4 Å². The van der Waals surface area contributed by atoms with Crippen LogP contribution in [0.3, 0.4) is 0 Å². The Morgan fingerprint density at radius 3 is 2.38 bits per heavy atom. The lowest BCUT2D eigenvalue weighted by atomic mass is 9.81. The summed E-state index contributed by atoms with van der Waals surface area (Å²) in [6.07, 6.45) is 5.60. The number of amides is 1.